The fourth-order valence-corrected chi connectivity index (χ4v) is 3.49. The molecule has 0 atom stereocenters. The second kappa shape index (κ2) is 5.92. The molecule has 1 heterocycles. The van der Waals surface area contributed by atoms with Gasteiger partial charge in [-0.25, -0.2) is 0 Å². The van der Waals surface area contributed by atoms with Gasteiger partial charge in [-0.2, -0.15) is 0 Å². The molecule has 2 aromatic carbocycles. The van der Waals surface area contributed by atoms with Gasteiger partial charge in [-0.3, -0.25) is 0 Å². The molecule has 0 amide bonds. The molecule has 106 valence electrons. The average molecular weight is 285 g/mol. The Kier molecular flexibility index (Phi) is 4.44. The van der Waals surface area contributed by atoms with E-state index >= 15 is 0 Å². The molecule has 20 heavy (non-hydrogen) atoms. The van der Waals surface area contributed by atoms with Gasteiger partial charge in [0.05, 0.1) is 11.4 Å². The molecule has 2 heteroatoms. The molecule has 2 aromatic rings. The molecule has 1 aliphatic heterocycles. The molecule has 0 saturated heterocycles. The molecule has 0 N–H and O–H groups in total. The van der Waals surface area contributed by atoms with Gasteiger partial charge in [0.1, 0.15) is 0 Å². The molecule has 0 unspecified atom stereocenters. The molecule has 0 radical (unpaired) electrons. The van der Waals surface area contributed by atoms with E-state index in [2.05, 4.69) is 74.2 Å². The number of rotatable bonds is 0. The zero-order chi connectivity index (χ0) is 14.8. The van der Waals surface area contributed by atoms with Gasteiger partial charge >= 0.3 is 0 Å². The highest BCUT2D eigenvalue weighted by atomic mass is 32.2. The Balaban J connectivity index is 0.000000704. The lowest BCUT2D eigenvalue weighted by Crippen LogP contribution is -2.39. The molecule has 1 nitrogen and oxygen atoms in total. The average Bonchev–Trinajstić information content (AvgIpc) is 2.45. The van der Waals surface area contributed by atoms with E-state index in [1.807, 2.05) is 25.6 Å². The summed E-state index contributed by atoms with van der Waals surface area (Å²) in [6.07, 6.45) is 0. The maximum absolute atomic E-state index is 2.44. The number of fused-ring (bicyclic) bond motifs is 2. The molecule has 1 aliphatic rings. The number of anilines is 2. The van der Waals surface area contributed by atoms with E-state index in [1.165, 1.54) is 21.2 Å². The van der Waals surface area contributed by atoms with E-state index in [9.17, 15) is 0 Å². The van der Waals surface area contributed by atoms with Gasteiger partial charge in [0.15, 0.2) is 0 Å². The molecule has 0 saturated carbocycles. The van der Waals surface area contributed by atoms with Crippen LogP contribution in [0.15, 0.2) is 58.3 Å². The van der Waals surface area contributed by atoms with E-state index < -0.39 is 0 Å². The van der Waals surface area contributed by atoms with Gasteiger partial charge in [0, 0.05) is 15.3 Å². The quantitative estimate of drug-likeness (QED) is 0.574. The van der Waals surface area contributed by atoms with Crippen molar-refractivity contribution in [3.8, 4) is 0 Å². The molecule has 3 rings (SSSR count). The third kappa shape index (κ3) is 2.71. The summed E-state index contributed by atoms with van der Waals surface area (Å²) in [6, 6.07) is 17.3. The summed E-state index contributed by atoms with van der Waals surface area (Å²) in [5, 5.41) is 0. The van der Waals surface area contributed by atoms with Crippen molar-refractivity contribution in [1.29, 1.82) is 0 Å². The van der Waals surface area contributed by atoms with Crippen molar-refractivity contribution in [1.82, 2.24) is 0 Å². The molecular formula is C18H23NS. The monoisotopic (exact) mass is 285 g/mol. The third-order valence-corrected chi connectivity index (χ3v) is 4.23. The number of hydrogen-bond donors (Lipinski definition) is 0. The van der Waals surface area contributed by atoms with E-state index in [1.54, 1.807) is 0 Å². The van der Waals surface area contributed by atoms with Gasteiger partial charge in [-0.05, 0) is 45.0 Å². The first-order chi connectivity index (χ1) is 9.57. The zero-order valence-electron chi connectivity index (χ0n) is 13.0. The lowest BCUT2D eigenvalue weighted by Gasteiger charge is -2.42. The summed E-state index contributed by atoms with van der Waals surface area (Å²) in [4.78, 5) is 5.12. The molecule has 0 bridgehead atoms. The minimum Gasteiger partial charge on any atom is -0.334 e. The van der Waals surface area contributed by atoms with Gasteiger partial charge in [0.25, 0.3) is 0 Å². The van der Waals surface area contributed by atoms with Crippen LogP contribution < -0.4 is 4.90 Å². The van der Waals surface area contributed by atoms with Crippen molar-refractivity contribution in [2.45, 2.75) is 49.9 Å². The number of benzene rings is 2. The number of nitrogens with zero attached hydrogens (tertiary/aromatic N) is 1. The third-order valence-electron chi connectivity index (χ3n) is 3.10. The standard InChI is InChI=1S/C16H17NS.C2H6/c1-16(2,3)17-12-8-4-6-10-14(12)18-15-11-7-5-9-13(15)17;1-2/h4-11H,1-3H3;1-2H3. The topological polar surface area (TPSA) is 3.24 Å². The molecule has 0 fully saturated rings. The van der Waals surface area contributed by atoms with Crippen LogP contribution >= 0.6 is 11.8 Å². The Morgan fingerprint density at radius 3 is 1.55 bits per heavy atom. The van der Waals surface area contributed by atoms with Crippen molar-refractivity contribution >= 4 is 23.1 Å². The highest BCUT2D eigenvalue weighted by molar-refractivity contribution is 7.99. The van der Waals surface area contributed by atoms with E-state index in [-0.39, 0.29) is 5.54 Å². The lowest BCUT2D eigenvalue weighted by molar-refractivity contribution is 0.553. The number of hydrogen-bond acceptors (Lipinski definition) is 2. The first kappa shape index (κ1) is 15.0. The van der Waals surface area contributed by atoms with Crippen LogP contribution in [0.25, 0.3) is 0 Å². The smallest absolute Gasteiger partial charge is 0.0557 e. The SMILES string of the molecule is CC.CC(C)(C)N1c2ccccc2Sc2ccccc21. The van der Waals surface area contributed by atoms with E-state index in [4.69, 9.17) is 0 Å². The van der Waals surface area contributed by atoms with Gasteiger partial charge in [0.2, 0.25) is 0 Å². The Morgan fingerprint density at radius 1 is 0.750 bits per heavy atom. The fraction of sp³-hybridized carbons (Fsp3) is 0.333. The zero-order valence-corrected chi connectivity index (χ0v) is 13.8. The summed E-state index contributed by atoms with van der Waals surface area (Å²) in [5.74, 6) is 0. The predicted molar refractivity (Wildman–Crippen MR) is 90.2 cm³/mol. The lowest BCUT2D eigenvalue weighted by atomic mass is 10.0. The first-order valence-corrected chi connectivity index (χ1v) is 8.05. The minimum atomic E-state index is 0.0766. The van der Waals surface area contributed by atoms with Crippen LogP contribution in [0.4, 0.5) is 11.4 Å². The summed E-state index contributed by atoms with van der Waals surface area (Å²) >= 11 is 1.86. The Labute approximate surface area is 127 Å². The van der Waals surface area contributed by atoms with Gasteiger partial charge < -0.3 is 4.90 Å². The maximum atomic E-state index is 2.44. The Hall–Kier alpha value is -1.41. The Bertz CT molecular complexity index is 538. The van der Waals surface area contributed by atoms with Crippen molar-refractivity contribution in [3.05, 3.63) is 48.5 Å². The summed E-state index contributed by atoms with van der Waals surface area (Å²) in [6.45, 7) is 10.8. The van der Waals surface area contributed by atoms with Crippen LogP contribution in [-0.2, 0) is 0 Å². The predicted octanol–water partition coefficient (Wildman–Crippen LogP) is 6.11. The molecule has 0 aliphatic carbocycles. The van der Waals surface area contributed by atoms with Crippen molar-refractivity contribution < 1.29 is 0 Å². The van der Waals surface area contributed by atoms with Gasteiger partial charge in [-0.1, -0.05) is 49.9 Å². The minimum absolute atomic E-state index is 0.0766. The fourth-order valence-electron chi connectivity index (χ4n) is 2.43. The molecule has 0 aromatic heterocycles. The van der Waals surface area contributed by atoms with Crippen LogP contribution in [0.5, 0.6) is 0 Å². The van der Waals surface area contributed by atoms with Gasteiger partial charge in [-0.15, -0.1) is 0 Å². The van der Waals surface area contributed by atoms with Crippen LogP contribution in [0.3, 0.4) is 0 Å². The summed E-state index contributed by atoms with van der Waals surface area (Å²) < 4.78 is 0. The second-order valence-corrected chi connectivity index (χ2v) is 6.63. The highest BCUT2D eigenvalue weighted by Gasteiger charge is 2.30. The summed E-state index contributed by atoms with van der Waals surface area (Å²) in [7, 11) is 0. The summed E-state index contributed by atoms with van der Waals surface area (Å²) in [5.41, 5.74) is 2.70. The maximum Gasteiger partial charge on any atom is 0.0557 e. The van der Waals surface area contributed by atoms with Crippen molar-refractivity contribution in [3.63, 3.8) is 0 Å². The van der Waals surface area contributed by atoms with Crippen LogP contribution in [0, 0.1) is 0 Å². The van der Waals surface area contributed by atoms with Crippen molar-refractivity contribution in [2.75, 3.05) is 4.90 Å². The first-order valence-electron chi connectivity index (χ1n) is 7.23. The van der Waals surface area contributed by atoms with Crippen LogP contribution in [0.1, 0.15) is 34.6 Å². The van der Waals surface area contributed by atoms with Crippen LogP contribution in [0.2, 0.25) is 0 Å². The van der Waals surface area contributed by atoms with Crippen molar-refractivity contribution in [2.24, 2.45) is 0 Å². The molecule has 0 spiro atoms. The van der Waals surface area contributed by atoms with E-state index in [0.717, 1.165) is 0 Å². The van der Waals surface area contributed by atoms with E-state index in [0.29, 0.717) is 0 Å². The normalized spacial score (nSPS) is 12.9. The highest BCUT2D eigenvalue weighted by Crippen LogP contribution is 2.50. The second-order valence-electron chi connectivity index (χ2n) is 5.54. The Morgan fingerprint density at radius 2 is 1.15 bits per heavy atom. The number of para-hydroxylation sites is 2. The van der Waals surface area contributed by atoms with Crippen LogP contribution in [-0.4, -0.2) is 5.54 Å². The molecular weight excluding hydrogens is 262 g/mol. The largest absolute Gasteiger partial charge is 0.334 e.